The van der Waals surface area contributed by atoms with E-state index in [1.54, 1.807) is 30.9 Å². The van der Waals surface area contributed by atoms with Gasteiger partial charge in [-0.05, 0) is 50.8 Å². The van der Waals surface area contributed by atoms with Crippen molar-refractivity contribution in [2.24, 2.45) is 0 Å². The highest BCUT2D eigenvalue weighted by Crippen LogP contribution is 2.49. The van der Waals surface area contributed by atoms with Gasteiger partial charge in [-0.3, -0.25) is 4.79 Å². The summed E-state index contributed by atoms with van der Waals surface area (Å²) in [4.78, 5) is 15.1. The zero-order valence-corrected chi connectivity index (χ0v) is 17.3. The molecule has 1 amide bonds. The van der Waals surface area contributed by atoms with Crippen LogP contribution in [0.5, 0.6) is 0 Å². The van der Waals surface area contributed by atoms with Crippen LogP contribution in [0.3, 0.4) is 0 Å². The Morgan fingerprint density at radius 3 is 2.38 bits per heavy atom. The summed E-state index contributed by atoms with van der Waals surface area (Å²) in [5, 5.41) is 3.75. The normalized spacial score (nSPS) is 19.8. The molecule has 2 aromatic rings. The SMILES string of the molecule is Cc1noc(C)c1S(=O)(=O)N1CCCN(C(=O)C2(c3ccc(F)cc3)CC2)CC1. The first-order valence-electron chi connectivity index (χ1n) is 9.74. The van der Waals surface area contributed by atoms with Crippen molar-refractivity contribution in [1.29, 1.82) is 0 Å². The fourth-order valence-electron chi connectivity index (χ4n) is 4.13. The average molecular weight is 421 g/mol. The van der Waals surface area contributed by atoms with E-state index in [-0.39, 0.29) is 28.9 Å². The predicted molar refractivity (Wildman–Crippen MR) is 103 cm³/mol. The molecule has 0 N–H and O–H groups in total. The number of rotatable bonds is 4. The van der Waals surface area contributed by atoms with Crippen LogP contribution in [-0.2, 0) is 20.2 Å². The standard InChI is InChI=1S/C20H24FN3O4S/c1-14-18(15(2)28-22-14)29(26,27)24-11-3-10-23(12-13-24)19(25)20(8-9-20)16-4-6-17(21)7-5-16/h4-7H,3,8-13H2,1-2H3. The van der Waals surface area contributed by atoms with Gasteiger partial charge in [-0.15, -0.1) is 0 Å². The summed E-state index contributed by atoms with van der Waals surface area (Å²) in [6.07, 6.45) is 2.01. The molecule has 0 spiro atoms. The van der Waals surface area contributed by atoms with Crippen LogP contribution in [0.4, 0.5) is 4.39 Å². The van der Waals surface area contributed by atoms with Gasteiger partial charge in [0.2, 0.25) is 15.9 Å². The zero-order valence-electron chi connectivity index (χ0n) is 16.5. The van der Waals surface area contributed by atoms with Gasteiger partial charge in [0.1, 0.15) is 16.4 Å². The van der Waals surface area contributed by atoms with Crippen LogP contribution in [0.2, 0.25) is 0 Å². The molecule has 2 fully saturated rings. The summed E-state index contributed by atoms with van der Waals surface area (Å²) in [5.41, 5.74) is 0.574. The largest absolute Gasteiger partial charge is 0.360 e. The van der Waals surface area contributed by atoms with Crippen LogP contribution in [0.15, 0.2) is 33.7 Å². The molecule has 1 saturated heterocycles. The Morgan fingerprint density at radius 2 is 1.79 bits per heavy atom. The Hall–Kier alpha value is -2.26. The maximum absolute atomic E-state index is 13.3. The molecular weight excluding hydrogens is 397 g/mol. The van der Waals surface area contributed by atoms with Gasteiger partial charge in [0, 0.05) is 26.2 Å². The summed E-state index contributed by atoms with van der Waals surface area (Å²) in [6, 6.07) is 6.10. The molecular formula is C20H24FN3O4S. The van der Waals surface area contributed by atoms with Gasteiger partial charge >= 0.3 is 0 Å². The lowest BCUT2D eigenvalue weighted by atomic mass is 9.94. The van der Waals surface area contributed by atoms with E-state index in [1.165, 1.54) is 16.4 Å². The highest BCUT2D eigenvalue weighted by atomic mass is 32.2. The molecule has 1 saturated carbocycles. The number of hydrogen-bond acceptors (Lipinski definition) is 5. The second-order valence-electron chi connectivity index (χ2n) is 7.79. The lowest BCUT2D eigenvalue weighted by molar-refractivity contribution is -0.133. The highest BCUT2D eigenvalue weighted by molar-refractivity contribution is 7.89. The van der Waals surface area contributed by atoms with Crippen LogP contribution >= 0.6 is 0 Å². The summed E-state index contributed by atoms with van der Waals surface area (Å²) in [6.45, 7) is 4.56. The molecule has 29 heavy (non-hydrogen) atoms. The van der Waals surface area contributed by atoms with Crippen molar-refractivity contribution in [1.82, 2.24) is 14.4 Å². The molecule has 1 aliphatic carbocycles. The van der Waals surface area contributed by atoms with Crippen molar-refractivity contribution in [2.45, 2.75) is 43.4 Å². The van der Waals surface area contributed by atoms with Crippen molar-refractivity contribution in [3.63, 3.8) is 0 Å². The number of hydrogen-bond donors (Lipinski definition) is 0. The maximum atomic E-state index is 13.3. The molecule has 1 aliphatic heterocycles. The first kappa shape index (κ1) is 20.0. The molecule has 7 nitrogen and oxygen atoms in total. The van der Waals surface area contributed by atoms with Gasteiger partial charge in [-0.25, -0.2) is 12.8 Å². The smallest absolute Gasteiger partial charge is 0.248 e. The van der Waals surface area contributed by atoms with Crippen LogP contribution in [0.1, 0.15) is 36.3 Å². The van der Waals surface area contributed by atoms with Gasteiger partial charge < -0.3 is 9.42 Å². The Morgan fingerprint density at radius 1 is 1.10 bits per heavy atom. The molecule has 0 radical (unpaired) electrons. The molecule has 2 heterocycles. The number of halogens is 1. The minimum absolute atomic E-state index is 0.000644. The van der Waals surface area contributed by atoms with Crippen LogP contribution in [-0.4, -0.2) is 54.9 Å². The number of carbonyl (C=O) groups excluding carboxylic acids is 1. The van der Waals surface area contributed by atoms with Crippen molar-refractivity contribution in [3.05, 3.63) is 47.1 Å². The minimum atomic E-state index is -3.73. The third kappa shape index (κ3) is 3.46. The monoisotopic (exact) mass is 421 g/mol. The van der Waals surface area contributed by atoms with Crippen LogP contribution < -0.4 is 0 Å². The quantitative estimate of drug-likeness (QED) is 0.757. The van der Waals surface area contributed by atoms with E-state index in [4.69, 9.17) is 4.52 Å². The Kier molecular flexibility index (Phi) is 4.98. The zero-order chi connectivity index (χ0) is 20.8. The number of amides is 1. The van der Waals surface area contributed by atoms with E-state index in [0.29, 0.717) is 31.7 Å². The predicted octanol–water partition coefficient (Wildman–Crippen LogP) is 2.39. The van der Waals surface area contributed by atoms with E-state index < -0.39 is 15.4 Å². The average Bonchev–Trinajstić information content (AvgIpc) is 3.45. The number of sulfonamides is 1. The molecule has 156 valence electrons. The van der Waals surface area contributed by atoms with Crippen LogP contribution in [0.25, 0.3) is 0 Å². The topological polar surface area (TPSA) is 83.7 Å². The van der Waals surface area contributed by atoms with Gasteiger partial charge in [0.25, 0.3) is 0 Å². The fourth-order valence-corrected chi connectivity index (χ4v) is 5.89. The molecule has 1 aromatic carbocycles. The molecule has 1 aromatic heterocycles. The molecule has 4 rings (SSSR count). The van der Waals surface area contributed by atoms with Gasteiger partial charge in [-0.2, -0.15) is 4.31 Å². The first-order chi connectivity index (χ1) is 13.8. The first-order valence-corrected chi connectivity index (χ1v) is 11.2. The van der Waals surface area contributed by atoms with Gasteiger partial charge in [-0.1, -0.05) is 17.3 Å². The summed E-state index contributed by atoms with van der Waals surface area (Å²) < 4.78 is 45.8. The maximum Gasteiger partial charge on any atom is 0.248 e. The van der Waals surface area contributed by atoms with Crippen molar-refractivity contribution < 1.29 is 22.1 Å². The number of aromatic nitrogens is 1. The second-order valence-corrected chi connectivity index (χ2v) is 9.67. The lowest BCUT2D eigenvalue weighted by Crippen LogP contribution is -2.42. The van der Waals surface area contributed by atoms with Gasteiger partial charge in [0.05, 0.1) is 5.41 Å². The van der Waals surface area contributed by atoms with Crippen LogP contribution in [0, 0.1) is 19.7 Å². The molecule has 0 unspecified atom stereocenters. The van der Waals surface area contributed by atoms with Crippen molar-refractivity contribution in [3.8, 4) is 0 Å². The van der Waals surface area contributed by atoms with Gasteiger partial charge in [0.15, 0.2) is 5.76 Å². The summed E-state index contributed by atoms with van der Waals surface area (Å²) >= 11 is 0. The number of aryl methyl sites for hydroxylation is 2. The Labute approximate surface area is 169 Å². The molecule has 0 atom stereocenters. The third-order valence-electron chi connectivity index (χ3n) is 5.86. The fraction of sp³-hybridized carbons (Fsp3) is 0.500. The molecule has 0 bridgehead atoms. The number of benzene rings is 1. The minimum Gasteiger partial charge on any atom is -0.360 e. The molecule has 2 aliphatic rings. The summed E-state index contributed by atoms with van der Waals surface area (Å²) in [7, 11) is -3.73. The Balaban J connectivity index is 1.51. The van der Waals surface area contributed by atoms with E-state index >= 15 is 0 Å². The number of nitrogens with zero attached hydrogens (tertiary/aromatic N) is 3. The van der Waals surface area contributed by atoms with Crippen molar-refractivity contribution >= 4 is 15.9 Å². The Bertz CT molecular complexity index is 1010. The number of carbonyl (C=O) groups is 1. The van der Waals surface area contributed by atoms with Crippen molar-refractivity contribution in [2.75, 3.05) is 26.2 Å². The van der Waals surface area contributed by atoms with E-state index in [9.17, 15) is 17.6 Å². The molecule has 9 heteroatoms. The highest BCUT2D eigenvalue weighted by Gasteiger charge is 2.53. The second kappa shape index (κ2) is 7.21. The lowest BCUT2D eigenvalue weighted by Gasteiger charge is -2.26. The van der Waals surface area contributed by atoms with E-state index in [1.807, 2.05) is 0 Å². The summed E-state index contributed by atoms with van der Waals surface area (Å²) in [5.74, 6) is -0.0550. The van der Waals surface area contributed by atoms with E-state index in [0.717, 1.165) is 18.4 Å². The van der Waals surface area contributed by atoms with E-state index in [2.05, 4.69) is 5.16 Å². The third-order valence-corrected chi connectivity index (χ3v) is 8.01.